The lowest BCUT2D eigenvalue weighted by Gasteiger charge is -2.18. The van der Waals surface area contributed by atoms with E-state index in [0.717, 1.165) is 6.07 Å². The summed E-state index contributed by atoms with van der Waals surface area (Å²) in [6.45, 7) is 0. The Kier molecular flexibility index (Phi) is 4.65. The number of anilines is 1. The Morgan fingerprint density at radius 2 is 2.10 bits per heavy atom. The van der Waals surface area contributed by atoms with Crippen LogP contribution < -0.4 is 10.1 Å². The number of hydrogen-bond acceptors (Lipinski definition) is 3. The number of halogens is 2. The SMILES string of the molecule is COc1cccc(NC(C(=O)O)c2ccc(F)cc2Cl)c1. The van der Waals surface area contributed by atoms with Crippen LogP contribution in [-0.2, 0) is 4.79 Å². The van der Waals surface area contributed by atoms with Crippen LogP contribution in [0.2, 0.25) is 5.02 Å². The minimum atomic E-state index is -1.12. The molecule has 2 rings (SSSR count). The topological polar surface area (TPSA) is 58.6 Å². The molecule has 1 unspecified atom stereocenters. The minimum Gasteiger partial charge on any atom is -0.497 e. The normalized spacial score (nSPS) is 11.8. The van der Waals surface area contributed by atoms with Crippen LogP contribution in [-0.4, -0.2) is 18.2 Å². The number of aliphatic carboxylic acids is 1. The van der Waals surface area contributed by atoms with Gasteiger partial charge in [0, 0.05) is 22.3 Å². The molecular weight excluding hydrogens is 297 g/mol. The highest BCUT2D eigenvalue weighted by Gasteiger charge is 2.22. The van der Waals surface area contributed by atoms with E-state index in [2.05, 4.69) is 5.32 Å². The summed E-state index contributed by atoms with van der Waals surface area (Å²) >= 11 is 5.93. The molecule has 2 aromatic carbocycles. The zero-order chi connectivity index (χ0) is 15.4. The predicted molar refractivity (Wildman–Crippen MR) is 78.4 cm³/mol. The molecule has 1 atom stereocenters. The van der Waals surface area contributed by atoms with Gasteiger partial charge in [-0.15, -0.1) is 0 Å². The fourth-order valence-electron chi connectivity index (χ4n) is 1.89. The van der Waals surface area contributed by atoms with E-state index >= 15 is 0 Å². The predicted octanol–water partition coefficient (Wildman–Crippen LogP) is 3.73. The van der Waals surface area contributed by atoms with Crippen LogP contribution in [0, 0.1) is 5.82 Å². The van der Waals surface area contributed by atoms with Crippen molar-refractivity contribution >= 4 is 23.3 Å². The van der Waals surface area contributed by atoms with Gasteiger partial charge in [0.1, 0.15) is 11.6 Å². The first-order valence-electron chi connectivity index (χ1n) is 6.09. The summed E-state index contributed by atoms with van der Waals surface area (Å²) in [7, 11) is 1.52. The molecule has 2 aromatic rings. The van der Waals surface area contributed by atoms with Crippen LogP contribution in [0.4, 0.5) is 10.1 Å². The van der Waals surface area contributed by atoms with Crippen LogP contribution in [0.25, 0.3) is 0 Å². The maximum Gasteiger partial charge on any atom is 0.330 e. The molecule has 0 aliphatic carbocycles. The Morgan fingerprint density at radius 1 is 1.33 bits per heavy atom. The van der Waals surface area contributed by atoms with Gasteiger partial charge in [-0.25, -0.2) is 9.18 Å². The van der Waals surface area contributed by atoms with Gasteiger partial charge in [0.2, 0.25) is 0 Å². The zero-order valence-electron chi connectivity index (χ0n) is 11.1. The highest BCUT2D eigenvalue weighted by atomic mass is 35.5. The van der Waals surface area contributed by atoms with E-state index in [1.54, 1.807) is 24.3 Å². The van der Waals surface area contributed by atoms with Crippen molar-refractivity contribution in [1.82, 2.24) is 0 Å². The van der Waals surface area contributed by atoms with Crippen LogP contribution in [0.5, 0.6) is 5.75 Å². The Labute approximate surface area is 126 Å². The smallest absolute Gasteiger partial charge is 0.330 e. The van der Waals surface area contributed by atoms with Gasteiger partial charge in [-0.1, -0.05) is 23.7 Å². The largest absolute Gasteiger partial charge is 0.497 e. The van der Waals surface area contributed by atoms with Gasteiger partial charge in [-0.2, -0.15) is 0 Å². The van der Waals surface area contributed by atoms with Gasteiger partial charge >= 0.3 is 5.97 Å². The van der Waals surface area contributed by atoms with E-state index in [-0.39, 0.29) is 10.6 Å². The Hall–Kier alpha value is -2.27. The summed E-state index contributed by atoms with van der Waals surface area (Å²) in [5.74, 6) is -1.05. The van der Waals surface area contributed by atoms with Gasteiger partial charge in [0.25, 0.3) is 0 Å². The van der Waals surface area contributed by atoms with Crippen molar-refractivity contribution in [1.29, 1.82) is 0 Å². The highest BCUT2D eigenvalue weighted by molar-refractivity contribution is 6.31. The molecule has 0 radical (unpaired) electrons. The Balaban J connectivity index is 2.33. The number of hydrogen-bond donors (Lipinski definition) is 2. The van der Waals surface area contributed by atoms with E-state index in [1.807, 2.05) is 0 Å². The number of nitrogens with one attached hydrogen (secondary N) is 1. The molecule has 6 heteroatoms. The lowest BCUT2D eigenvalue weighted by molar-refractivity contribution is -0.138. The molecule has 0 aliphatic rings. The fraction of sp³-hybridized carbons (Fsp3) is 0.133. The zero-order valence-corrected chi connectivity index (χ0v) is 11.9. The van der Waals surface area contributed by atoms with Gasteiger partial charge in [-0.3, -0.25) is 0 Å². The van der Waals surface area contributed by atoms with Crippen molar-refractivity contribution in [3.63, 3.8) is 0 Å². The molecule has 0 amide bonds. The summed E-state index contributed by atoms with van der Waals surface area (Å²) in [6, 6.07) is 9.35. The van der Waals surface area contributed by atoms with Crippen LogP contribution in [0.3, 0.4) is 0 Å². The molecule has 2 N–H and O–H groups in total. The van der Waals surface area contributed by atoms with Crippen molar-refractivity contribution in [3.8, 4) is 5.75 Å². The van der Waals surface area contributed by atoms with Gasteiger partial charge < -0.3 is 15.2 Å². The lowest BCUT2D eigenvalue weighted by atomic mass is 10.1. The van der Waals surface area contributed by atoms with Crippen molar-refractivity contribution in [2.24, 2.45) is 0 Å². The molecule has 4 nitrogen and oxygen atoms in total. The van der Waals surface area contributed by atoms with Crippen molar-refractivity contribution in [2.75, 3.05) is 12.4 Å². The number of benzene rings is 2. The molecule has 21 heavy (non-hydrogen) atoms. The second kappa shape index (κ2) is 6.45. The number of ether oxygens (including phenoxy) is 1. The Morgan fingerprint density at radius 3 is 2.71 bits per heavy atom. The lowest BCUT2D eigenvalue weighted by Crippen LogP contribution is -2.21. The van der Waals surface area contributed by atoms with E-state index in [4.69, 9.17) is 16.3 Å². The summed E-state index contributed by atoms with van der Waals surface area (Å²) in [6.07, 6.45) is 0. The first-order chi connectivity index (χ1) is 10.0. The second-order valence-corrected chi connectivity index (χ2v) is 4.72. The molecule has 0 aromatic heterocycles. The standard InChI is InChI=1S/C15H13ClFNO3/c1-21-11-4-2-3-10(8-11)18-14(15(19)20)12-6-5-9(17)7-13(12)16/h2-8,14,18H,1H3,(H,19,20). The molecule has 110 valence electrons. The van der Waals surface area contributed by atoms with E-state index in [9.17, 15) is 14.3 Å². The molecule has 0 aliphatic heterocycles. The first kappa shape index (κ1) is 15.1. The summed E-state index contributed by atoms with van der Waals surface area (Å²) < 4.78 is 18.1. The quantitative estimate of drug-likeness (QED) is 0.883. The maximum atomic E-state index is 13.1. The maximum absolute atomic E-state index is 13.1. The van der Waals surface area contributed by atoms with Crippen molar-refractivity contribution in [3.05, 3.63) is 58.9 Å². The van der Waals surface area contributed by atoms with E-state index in [0.29, 0.717) is 11.4 Å². The first-order valence-corrected chi connectivity index (χ1v) is 6.47. The Bertz CT molecular complexity index is 663. The molecular formula is C15H13ClFNO3. The fourth-order valence-corrected chi connectivity index (χ4v) is 2.16. The van der Waals surface area contributed by atoms with E-state index in [1.165, 1.54) is 19.2 Å². The second-order valence-electron chi connectivity index (χ2n) is 4.31. The monoisotopic (exact) mass is 309 g/mol. The summed E-state index contributed by atoms with van der Waals surface area (Å²) in [4.78, 5) is 11.4. The molecule has 0 spiro atoms. The van der Waals surface area contributed by atoms with Crippen LogP contribution in [0.15, 0.2) is 42.5 Å². The number of carboxylic acids is 1. The third-order valence-corrected chi connectivity index (χ3v) is 3.23. The van der Waals surface area contributed by atoms with Gasteiger partial charge in [-0.05, 0) is 24.3 Å². The molecule has 0 fully saturated rings. The van der Waals surface area contributed by atoms with Crippen LogP contribution >= 0.6 is 11.6 Å². The number of rotatable bonds is 5. The number of methoxy groups -OCH3 is 1. The molecule has 0 saturated heterocycles. The van der Waals surface area contributed by atoms with Gasteiger partial charge in [0.05, 0.1) is 7.11 Å². The molecule has 0 heterocycles. The van der Waals surface area contributed by atoms with Crippen LogP contribution in [0.1, 0.15) is 11.6 Å². The third-order valence-electron chi connectivity index (χ3n) is 2.90. The molecule has 0 bridgehead atoms. The average Bonchev–Trinajstić information content (AvgIpc) is 2.45. The highest BCUT2D eigenvalue weighted by Crippen LogP contribution is 2.28. The number of carboxylic acid groups (broad SMARTS) is 1. The van der Waals surface area contributed by atoms with Gasteiger partial charge in [0.15, 0.2) is 6.04 Å². The summed E-state index contributed by atoms with van der Waals surface area (Å²) in [5, 5.41) is 12.3. The minimum absolute atomic E-state index is 0.0535. The average molecular weight is 310 g/mol. The van der Waals surface area contributed by atoms with E-state index < -0.39 is 17.8 Å². The molecule has 0 saturated carbocycles. The summed E-state index contributed by atoms with van der Waals surface area (Å²) in [5.41, 5.74) is 0.843. The van der Waals surface area contributed by atoms with Crippen molar-refractivity contribution < 1.29 is 19.0 Å². The van der Waals surface area contributed by atoms with Crippen molar-refractivity contribution in [2.45, 2.75) is 6.04 Å². The number of carbonyl (C=O) groups is 1. The third kappa shape index (κ3) is 3.64.